The van der Waals surface area contributed by atoms with Crippen LogP contribution in [0.4, 0.5) is 9.18 Å². The number of amides is 3. The van der Waals surface area contributed by atoms with Crippen LogP contribution in [0.5, 0.6) is 0 Å². The van der Waals surface area contributed by atoms with Crippen molar-refractivity contribution in [3.63, 3.8) is 0 Å². The lowest BCUT2D eigenvalue weighted by atomic mass is 9.79. The maximum Gasteiger partial charge on any atom is 0.318 e. The first-order valence-corrected chi connectivity index (χ1v) is 13.4. The highest BCUT2D eigenvalue weighted by molar-refractivity contribution is 5.95. The van der Waals surface area contributed by atoms with E-state index in [9.17, 15) is 9.59 Å². The Kier molecular flexibility index (Phi) is 7.64. The van der Waals surface area contributed by atoms with Gasteiger partial charge in [-0.05, 0) is 44.6 Å². The molecule has 2 fully saturated rings. The highest BCUT2D eigenvalue weighted by Gasteiger charge is 2.34. The Bertz CT molecular complexity index is 1300. The minimum Gasteiger partial charge on any atom is -0.377 e. The van der Waals surface area contributed by atoms with Crippen molar-refractivity contribution < 1.29 is 23.2 Å². The third-order valence-electron chi connectivity index (χ3n) is 7.83. The second-order valence-corrected chi connectivity index (χ2v) is 10.4. The van der Waals surface area contributed by atoms with Gasteiger partial charge in [0.15, 0.2) is 5.82 Å². The summed E-state index contributed by atoms with van der Waals surface area (Å²) in [5, 5.41) is 9.74. The molecule has 11 heteroatoms. The number of nitrogens with one attached hydrogen (secondary N) is 3. The monoisotopic (exact) mass is 526 g/mol. The van der Waals surface area contributed by atoms with Crippen molar-refractivity contribution in [2.24, 2.45) is 11.8 Å². The second-order valence-electron chi connectivity index (χ2n) is 10.4. The number of H-pyrrole nitrogens is 1. The molecule has 2 aromatic heterocycles. The fourth-order valence-electron chi connectivity index (χ4n) is 5.60. The van der Waals surface area contributed by atoms with Crippen LogP contribution in [0.3, 0.4) is 0 Å². The van der Waals surface area contributed by atoms with E-state index in [1.807, 2.05) is 6.92 Å². The summed E-state index contributed by atoms with van der Waals surface area (Å²) in [7, 11) is 0. The van der Waals surface area contributed by atoms with E-state index in [2.05, 4.69) is 32.7 Å². The van der Waals surface area contributed by atoms with E-state index >= 15 is 4.39 Å². The Labute approximate surface area is 220 Å². The maximum absolute atomic E-state index is 16.0. The molecule has 10 nitrogen and oxygen atoms in total. The molecular formula is C27H35FN6O4. The van der Waals surface area contributed by atoms with E-state index in [0.29, 0.717) is 53.8 Å². The number of halogens is 1. The average molecular weight is 527 g/mol. The van der Waals surface area contributed by atoms with Gasteiger partial charge in [-0.3, -0.25) is 4.79 Å². The van der Waals surface area contributed by atoms with E-state index in [0.717, 1.165) is 25.7 Å². The van der Waals surface area contributed by atoms with Crippen molar-refractivity contribution in [2.75, 3.05) is 26.3 Å². The van der Waals surface area contributed by atoms with Gasteiger partial charge < -0.3 is 29.8 Å². The van der Waals surface area contributed by atoms with Crippen LogP contribution in [0, 0.1) is 24.6 Å². The molecule has 3 N–H and O–H groups in total. The molecule has 204 valence electrons. The number of carbonyl (C=O) groups excluding carboxylic acids is 2. The Hall–Kier alpha value is -3.47. The summed E-state index contributed by atoms with van der Waals surface area (Å²) in [4.78, 5) is 35.3. The van der Waals surface area contributed by atoms with Crippen molar-refractivity contribution in [2.45, 2.75) is 58.5 Å². The third-order valence-corrected chi connectivity index (χ3v) is 7.83. The topological polar surface area (TPSA) is 125 Å². The first-order valence-electron chi connectivity index (χ1n) is 13.4. The number of hydrogen-bond donors (Lipinski definition) is 3. The number of fused-ring (bicyclic) bond motifs is 1. The normalized spacial score (nSPS) is 22.8. The molecule has 1 aliphatic heterocycles. The number of rotatable bonds is 6. The largest absolute Gasteiger partial charge is 0.377 e. The second kappa shape index (κ2) is 11.1. The van der Waals surface area contributed by atoms with Gasteiger partial charge >= 0.3 is 6.03 Å². The fraction of sp³-hybridized carbons (Fsp3) is 0.556. The molecule has 2 atom stereocenters. The van der Waals surface area contributed by atoms with Gasteiger partial charge in [-0.1, -0.05) is 31.0 Å². The molecule has 0 radical (unpaired) electrons. The van der Waals surface area contributed by atoms with Gasteiger partial charge in [-0.2, -0.15) is 0 Å². The Balaban J connectivity index is 1.48. The number of carbonyl (C=O) groups is 2. The summed E-state index contributed by atoms with van der Waals surface area (Å²) in [5.41, 5.74) is 1.95. The average Bonchev–Trinajstić information content (AvgIpc) is 3.55. The van der Waals surface area contributed by atoms with E-state index in [1.165, 1.54) is 6.26 Å². The number of nitrogens with zero attached hydrogens (tertiary/aromatic N) is 3. The van der Waals surface area contributed by atoms with Crippen molar-refractivity contribution in [3.8, 4) is 0 Å². The van der Waals surface area contributed by atoms with Crippen molar-refractivity contribution in [1.29, 1.82) is 0 Å². The van der Waals surface area contributed by atoms with E-state index in [-0.39, 0.29) is 30.0 Å². The van der Waals surface area contributed by atoms with Crippen LogP contribution in [-0.4, -0.2) is 58.3 Å². The number of hydrogen-bond acceptors (Lipinski definition) is 6. The molecule has 1 unspecified atom stereocenters. The highest BCUT2D eigenvalue weighted by atomic mass is 19.1. The Morgan fingerprint density at radius 3 is 2.76 bits per heavy atom. The molecule has 1 aromatic carbocycles. The fourth-order valence-corrected chi connectivity index (χ4v) is 5.60. The molecule has 3 heterocycles. The number of morpholine rings is 1. The van der Waals surface area contributed by atoms with Gasteiger partial charge in [-0.15, -0.1) is 0 Å². The lowest BCUT2D eigenvalue weighted by Crippen LogP contribution is -2.48. The van der Waals surface area contributed by atoms with Crippen LogP contribution in [0.1, 0.15) is 79.1 Å². The summed E-state index contributed by atoms with van der Waals surface area (Å²) in [6.45, 7) is 7.25. The van der Waals surface area contributed by atoms with Gasteiger partial charge in [0.1, 0.15) is 23.2 Å². The van der Waals surface area contributed by atoms with Crippen molar-refractivity contribution in [3.05, 3.63) is 46.9 Å². The summed E-state index contributed by atoms with van der Waals surface area (Å²) in [5.74, 6) is 0.499. The first kappa shape index (κ1) is 26.1. The predicted octanol–water partition coefficient (Wildman–Crippen LogP) is 4.40. The quantitative estimate of drug-likeness (QED) is 0.437. The molecule has 0 bridgehead atoms. The molecule has 1 aliphatic carbocycles. The van der Waals surface area contributed by atoms with Gasteiger partial charge in [0.05, 0.1) is 36.5 Å². The van der Waals surface area contributed by atoms with E-state index in [4.69, 9.17) is 9.26 Å². The minimum absolute atomic E-state index is 0.151. The number of aryl methyl sites for hydroxylation is 1. The zero-order chi connectivity index (χ0) is 26.8. The van der Waals surface area contributed by atoms with Crippen LogP contribution < -0.4 is 10.6 Å². The summed E-state index contributed by atoms with van der Waals surface area (Å²) in [6.07, 6.45) is 5.31. The van der Waals surface area contributed by atoms with Crippen LogP contribution >= 0.6 is 0 Å². The molecule has 1 saturated carbocycles. The lowest BCUT2D eigenvalue weighted by Gasteiger charge is -2.35. The van der Waals surface area contributed by atoms with Gasteiger partial charge in [0, 0.05) is 18.7 Å². The highest BCUT2D eigenvalue weighted by Crippen LogP contribution is 2.38. The minimum atomic E-state index is -0.563. The van der Waals surface area contributed by atoms with Crippen LogP contribution in [0.2, 0.25) is 0 Å². The summed E-state index contributed by atoms with van der Waals surface area (Å²) < 4.78 is 26.5. The van der Waals surface area contributed by atoms with Gasteiger partial charge in [0.2, 0.25) is 0 Å². The molecule has 1 saturated heterocycles. The van der Waals surface area contributed by atoms with Crippen LogP contribution in [0.25, 0.3) is 11.0 Å². The zero-order valence-corrected chi connectivity index (χ0v) is 22.1. The van der Waals surface area contributed by atoms with Crippen LogP contribution in [-0.2, 0) is 4.74 Å². The summed E-state index contributed by atoms with van der Waals surface area (Å²) >= 11 is 0. The van der Waals surface area contributed by atoms with Gasteiger partial charge in [0.25, 0.3) is 5.91 Å². The third kappa shape index (κ3) is 5.11. The van der Waals surface area contributed by atoms with Crippen LogP contribution in [0.15, 0.2) is 22.9 Å². The molecule has 3 amide bonds. The van der Waals surface area contributed by atoms with E-state index < -0.39 is 17.9 Å². The number of urea groups is 1. The number of benzene rings is 1. The SMILES string of the molecule is CCNC(=O)N1CCOCC1c1ccc2[nH]c([C@@H](NC(=O)c3conc3C)C3CCC(C)CC3)nc2c1F. The summed E-state index contributed by atoms with van der Waals surface area (Å²) in [6, 6.07) is 2.22. The number of aromatic amines is 1. The number of ether oxygens (including phenoxy) is 1. The smallest absolute Gasteiger partial charge is 0.318 e. The number of aromatic nitrogens is 3. The number of imidazole rings is 1. The van der Waals surface area contributed by atoms with E-state index in [1.54, 1.807) is 24.0 Å². The molecule has 0 spiro atoms. The molecule has 5 rings (SSSR count). The predicted molar refractivity (Wildman–Crippen MR) is 138 cm³/mol. The van der Waals surface area contributed by atoms with Gasteiger partial charge in [-0.25, -0.2) is 14.2 Å². The first-order chi connectivity index (χ1) is 18.4. The Morgan fingerprint density at radius 1 is 1.26 bits per heavy atom. The lowest BCUT2D eigenvalue weighted by molar-refractivity contribution is 0.0107. The van der Waals surface area contributed by atoms with Crippen molar-refractivity contribution in [1.82, 2.24) is 30.7 Å². The zero-order valence-electron chi connectivity index (χ0n) is 22.1. The molecule has 3 aromatic rings. The van der Waals surface area contributed by atoms with Crippen molar-refractivity contribution >= 4 is 23.0 Å². The molecule has 38 heavy (non-hydrogen) atoms. The molecule has 2 aliphatic rings. The Morgan fingerprint density at radius 2 is 2.05 bits per heavy atom. The maximum atomic E-state index is 16.0. The molecular weight excluding hydrogens is 491 g/mol. The standard InChI is InChI=1S/C27H35FN6O4/c1-4-29-27(36)34-11-12-37-14-21(34)18-9-10-20-24(22(18)28)31-25(30-20)23(17-7-5-15(2)6-8-17)32-26(35)19-13-38-33-16(19)3/h9-10,13,15,17,21,23H,4-8,11-12,14H2,1-3H3,(H,29,36)(H,30,31)(H,32,35)/t15?,17?,21?,23-/m0/s1.